The van der Waals surface area contributed by atoms with Crippen molar-refractivity contribution in [1.29, 1.82) is 0 Å². The second kappa shape index (κ2) is 9.17. The average Bonchev–Trinajstić information content (AvgIpc) is 3.21. The highest BCUT2D eigenvalue weighted by Gasteiger charge is 2.14. The summed E-state index contributed by atoms with van der Waals surface area (Å²) in [7, 11) is 3.43. The zero-order valence-corrected chi connectivity index (χ0v) is 16.5. The summed E-state index contributed by atoms with van der Waals surface area (Å²) in [6, 6.07) is 15.8. The van der Waals surface area contributed by atoms with Gasteiger partial charge in [0.2, 0.25) is 17.6 Å². The number of amides is 1. The summed E-state index contributed by atoms with van der Waals surface area (Å²) < 4.78 is 10.5. The highest BCUT2D eigenvalue weighted by Crippen LogP contribution is 2.18. The summed E-state index contributed by atoms with van der Waals surface area (Å²) in [5.41, 5.74) is 3.22. The van der Waals surface area contributed by atoms with Crippen molar-refractivity contribution < 1.29 is 14.1 Å². The molecule has 0 unspecified atom stereocenters. The largest absolute Gasteiger partial charge is 0.497 e. The molecule has 0 radical (unpaired) electrons. The van der Waals surface area contributed by atoms with Crippen LogP contribution in [0.15, 0.2) is 53.1 Å². The molecule has 2 aromatic carbocycles. The topological polar surface area (TPSA) is 68.5 Å². The normalized spacial score (nSPS) is 10.7. The van der Waals surface area contributed by atoms with Crippen molar-refractivity contribution in [2.24, 2.45) is 0 Å². The van der Waals surface area contributed by atoms with Crippen LogP contribution >= 0.6 is 0 Å². The molecule has 0 saturated heterocycles. The van der Waals surface area contributed by atoms with Gasteiger partial charge in [0.25, 0.3) is 0 Å². The molecule has 0 saturated carbocycles. The molecular weight excluding hydrogens is 354 g/mol. The monoisotopic (exact) mass is 379 g/mol. The highest BCUT2D eigenvalue weighted by molar-refractivity contribution is 5.76. The van der Waals surface area contributed by atoms with E-state index < -0.39 is 0 Å². The number of ether oxygens (including phenoxy) is 1. The Labute approximate surface area is 165 Å². The van der Waals surface area contributed by atoms with Crippen LogP contribution in [0.4, 0.5) is 0 Å². The molecule has 1 amide bonds. The molecule has 1 heterocycles. The number of benzene rings is 2. The van der Waals surface area contributed by atoms with E-state index in [9.17, 15) is 4.79 Å². The summed E-state index contributed by atoms with van der Waals surface area (Å²) in [4.78, 5) is 18.5. The molecule has 6 heteroatoms. The second-order valence-electron chi connectivity index (χ2n) is 6.66. The molecule has 3 aromatic rings. The average molecular weight is 379 g/mol. The predicted molar refractivity (Wildman–Crippen MR) is 107 cm³/mol. The Bertz CT molecular complexity index is 902. The Morgan fingerprint density at radius 1 is 1.07 bits per heavy atom. The third-order valence-electron chi connectivity index (χ3n) is 4.65. The molecule has 0 atom stereocenters. The Morgan fingerprint density at radius 2 is 1.75 bits per heavy atom. The maximum absolute atomic E-state index is 12.4. The number of methoxy groups -OCH3 is 1. The Hall–Kier alpha value is -3.15. The fourth-order valence-corrected chi connectivity index (χ4v) is 2.86. The lowest BCUT2D eigenvalue weighted by molar-refractivity contribution is -0.130. The number of hydrogen-bond donors (Lipinski definition) is 0. The Morgan fingerprint density at radius 3 is 2.39 bits per heavy atom. The van der Waals surface area contributed by atoms with E-state index in [1.807, 2.05) is 36.4 Å². The lowest BCUT2D eigenvalue weighted by Crippen LogP contribution is -2.26. The smallest absolute Gasteiger partial charge is 0.227 e. The van der Waals surface area contributed by atoms with Crippen molar-refractivity contribution in [3.8, 4) is 17.1 Å². The number of aromatic nitrogens is 2. The van der Waals surface area contributed by atoms with E-state index in [0.29, 0.717) is 31.1 Å². The lowest BCUT2D eigenvalue weighted by Gasteiger charge is -2.17. The summed E-state index contributed by atoms with van der Waals surface area (Å²) in [5, 5.41) is 4.03. The first kappa shape index (κ1) is 19.6. The molecule has 1 aromatic heterocycles. The number of carbonyl (C=O) groups excluding carboxylic acids is 1. The first-order chi connectivity index (χ1) is 13.6. The molecule has 0 fully saturated rings. The quantitative estimate of drug-likeness (QED) is 0.594. The van der Waals surface area contributed by atoms with Crippen LogP contribution in [0.25, 0.3) is 11.4 Å². The maximum Gasteiger partial charge on any atom is 0.227 e. The minimum atomic E-state index is 0.0304. The van der Waals surface area contributed by atoms with Gasteiger partial charge in [0.15, 0.2) is 0 Å². The van der Waals surface area contributed by atoms with Crippen molar-refractivity contribution in [3.05, 3.63) is 65.5 Å². The number of rotatable bonds is 8. The molecule has 28 heavy (non-hydrogen) atoms. The zero-order chi connectivity index (χ0) is 19.9. The van der Waals surface area contributed by atoms with Crippen molar-refractivity contribution >= 4 is 5.91 Å². The van der Waals surface area contributed by atoms with Crippen LogP contribution in [0.1, 0.15) is 30.4 Å². The van der Waals surface area contributed by atoms with E-state index in [1.54, 1.807) is 19.1 Å². The molecule has 146 valence electrons. The second-order valence-corrected chi connectivity index (χ2v) is 6.66. The van der Waals surface area contributed by atoms with Gasteiger partial charge in [0.1, 0.15) is 5.75 Å². The van der Waals surface area contributed by atoms with E-state index in [-0.39, 0.29) is 5.91 Å². The van der Waals surface area contributed by atoms with Gasteiger partial charge in [0, 0.05) is 32.0 Å². The van der Waals surface area contributed by atoms with Crippen LogP contribution in [0.5, 0.6) is 5.75 Å². The van der Waals surface area contributed by atoms with Gasteiger partial charge in [-0.2, -0.15) is 4.98 Å². The first-order valence-corrected chi connectivity index (χ1v) is 9.38. The van der Waals surface area contributed by atoms with Gasteiger partial charge in [-0.25, -0.2) is 0 Å². The van der Waals surface area contributed by atoms with Crippen LogP contribution < -0.4 is 4.74 Å². The van der Waals surface area contributed by atoms with Gasteiger partial charge in [-0.05, 0) is 29.7 Å². The van der Waals surface area contributed by atoms with Crippen LogP contribution in [0.3, 0.4) is 0 Å². The number of carbonyl (C=O) groups is 1. The van der Waals surface area contributed by atoms with Gasteiger partial charge < -0.3 is 14.2 Å². The van der Waals surface area contributed by atoms with Gasteiger partial charge >= 0.3 is 0 Å². The van der Waals surface area contributed by atoms with Crippen LogP contribution in [-0.2, 0) is 24.2 Å². The molecule has 6 nitrogen and oxygen atoms in total. The molecular formula is C22H25N3O3. The SMILES string of the molecule is CCc1ccc(-c2noc(CCC(=O)N(C)Cc3ccc(OC)cc3)n2)cc1. The van der Waals surface area contributed by atoms with Gasteiger partial charge in [-0.3, -0.25) is 4.79 Å². The van der Waals surface area contributed by atoms with Gasteiger partial charge in [-0.1, -0.05) is 48.5 Å². The highest BCUT2D eigenvalue weighted by atomic mass is 16.5. The van der Waals surface area contributed by atoms with Crippen molar-refractivity contribution in [2.45, 2.75) is 32.7 Å². The lowest BCUT2D eigenvalue weighted by atomic mass is 10.1. The van der Waals surface area contributed by atoms with Crippen LogP contribution in [0, 0.1) is 0 Å². The maximum atomic E-state index is 12.4. The summed E-state index contributed by atoms with van der Waals surface area (Å²) >= 11 is 0. The fourth-order valence-electron chi connectivity index (χ4n) is 2.86. The number of hydrogen-bond acceptors (Lipinski definition) is 5. The van der Waals surface area contributed by atoms with E-state index in [0.717, 1.165) is 23.3 Å². The Kier molecular flexibility index (Phi) is 6.42. The summed E-state index contributed by atoms with van der Waals surface area (Å²) in [5.74, 6) is 1.86. The first-order valence-electron chi connectivity index (χ1n) is 9.38. The van der Waals surface area contributed by atoms with E-state index >= 15 is 0 Å². The standard InChI is InChI=1S/C22H25N3O3/c1-4-16-5-9-18(10-6-16)22-23-20(28-24-22)13-14-21(26)25(2)15-17-7-11-19(27-3)12-8-17/h5-12H,4,13-15H2,1-3H3. The van der Waals surface area contributed by atoms with Gasteiger partial charge in [-0.15, -0.1) is 0 Å². The van der Waals surface area contributed by atoms with Crippen LogP contribution in [0.2, 0.25) is 0 Å². The minimum absolute atomic E-state index is 0.0304. The van der Waals surface area contributed by atoms with Crippen molar-refractivity contribution in [1.82, 2.24) is 15.0 Å². The van der Waals surface area contributed by atoms with Crippen LogP contribution in [-0.4, -0.2) is 35.1 Å². The van der Waals surface area contributed by atoms with E-state index in [4.69, 9.17) is 9.26 Å². The molecule has 0 aliphatic heterocycles. The van der Waals surface area contributed by atoms with Crippen molar-refractivity contribution in [3.63, 3.8) is 0 Å². The van der Waals surface area contributed by atoms with E-state index in [1.165, 1.54) is 5.56 Å². The summed E-state index contributed by atoms with van der Waals surface area (Å²) in [6.07, 6.45) is 1.73. The third-order valence-corrected chi connectivity index (χ3v) is 4.65. The molecule has 0 spiro atoms. The molecule has 0 aliphatic carbocycles. The fraction of sp³-hybridized carbons (Fsp3) is 0.318. The third kappa shape index (κ3) is 4.97. The molecule has 3 rings (SSSR count). The molecule has 0 N–H and O–H groups in total. The number of aryl methyl sites for hydroxylation is 2. The van der Waals surface area contributed by atoms with Crippen molar-refractivity contribution in [2.75, 3.05) is 14.2 Å². The predicted octanol–water partition coefficient (Wildman–Crippen LogP) is 3.90. The zero-order valence-electron chi connectivity index (χ0n) is 16.5. The summed E-state index contributed by atoms with van der Waals surface area (Å²) in [6.45, 7) is 2.66. The van der Waals surface area contributed by atoms with E-state index in [2.05, 4.69) is 29.2 Å². The minimum Gasteiger partial charge on any atom is -0.497 e. The Balaban J connectivity index is 1.52. The molecule has 0 bridgehead atoms. The van der Waals surface area contributed by atoms with Gasteiger partial charge in [0.05, 0.1) is 7.11 Å². The molecule has 0 aliphatic rings. The number of nitrogens with zero attached hydrogens (tertiary/aromatic N) is 3.